The molecular weight excluding hydrogens is 258 g/mol. The van der Waals surface area contributed by atoms with E-state index in [9.17, 15) is 4.79 Å². The Bertz CT molecular complexity index is 426. The van der Waals surface area contributed by atoms with Crippen LogP contribution in [0.1, 0.15) is 32.1 Å². The van der Waals surface area contributed by atoms with E-state index in [1.165, 1.54) is 6.92 Å². The number of nitrogens with zero attached hydrogens (tertiary/aromatic N) is 1. The van der Waals surface area contributed by atoms with Crippen molar-refractivity contribution in [3.63, 3.8) is 0 Å². The summed E-state index contributed by atoms with van der Waals surface area (Å²) in [6.07, 6.45) is 1.83. The molecule has 0 radical (unpaired) electrons. The zero-order chi connectivity index (χ0) is 11.8. The molecule has 3 nitrogen and oxygen atoms in total. The lowest BCUT2D eigenvalue weighted by Crippen LogP contribution is -2.25. The Labute approximate surface area is 98.4 Å². The largest absolute Gasteiger partial charge is 0.455 e. The molecule has 15 heavy (non-hydrogen) atoms. The molecule has 4 heteroatoms. The highest BCUT2D eigenvalue weighted by Crippen LogP contribution is 2.35. The summed E-state index contributed by atoms with van der Waals surface area (Å²) in [6, 6.07) is 3.76. The first-order valence-corrected chi connectivity index (χ1v) is 5.73. The fourth-order valence-electron chi connectivity index (χ4n) is 1.69. The van der Waals surface area contributed by atoms with Crippen LogP contribution in [0.25, 0.3) is 0 Å². The van der Waals surface area contributed by atoms with Crippen molar-refractivity contribution in [2.45, 2.75) is 30.7 Å². The second-order valence-electron chi connectivity index (χ2n) is 3.48. The van der Waals surface area contributed by atoms with E-state index in [1.54, 1.807) is 6.20 Å². The first-order valence-electron chi connectivity index (χ1n) is 5.32. The molecule has 0 aliphatic heterocycles. The van der Waals surface area contributed by atoms with Gasteiger partial charge in [0.1, 0.15) is 0 Å². The number of rotatable bonds is 1. The number of pyridine rings is 1. The van der Waals surface area contributed by atoms with Gasteiger partial charge in [0.05, 0.1) is 11.9 Å². The zero-order valence-electron chi connectivity index (χ0n) is 9.37. The number of hydrogen-bond donors (Lipinski definition) is 0. The Morgan fingerprint density at radius 2 is 2.60 bits per heavy atom. The molecule has 0 spiro atoms. The van der Waals surface area contributed by atoms with Crippen LogP contribution in [0.2, 0.25) is 0 Å². The van der Waals surface area contributed by atoms with Crippen molar-refractivity contribution in [1.82, 2.24) is 4.98 Å². The number of alkyl halides is 1. The lowest BCUT2D eigenvalue weighted by Gasteiger charge is -2.28. The molecule has 2 atom stereocenters. The van der Waals surface area contributed by atoms with Crippen molar-refractivity contribution < 1.29 is 10.9 Å². The number of fused-ring (bicyclic) bond motifs is 1. The predicted octanol–water partition coefficient (Wildman–Crippen LogP) is 2.40. The summed E-state index contributed by atoms with van der Waals surface area (Å²) in [5, 5.41) is 0. The fourth-order valence-corrected chi connectivity index (χ4v) is 2.23. The highest BCUT2D eigenvalue weighted by atomic mass is 79.9. The third-order valence-electron chi connectivity index (χ3n) is 2.33. The van der Waals surface area contributed by atoms with E-state index in [0.717, 1.165) is 18.4 Å². The van der Waals surface area contributed by atoms with E-state index < -0.39 is 12.0 Å². The predicted molar refractivity (Wildman–Crippen MR) is 59.8 cm³/mol. The van der Waals surface area contributed by atoms with Gasteiger partial charge in [0.25, 0.3) is 0 Å². The Morgan fingerprint density at radius 1 is 1.80 bits per heavy atom. The normalized spacial score (nSPS) is 30.3. The summed E-state index contributed by atoms with van der Waals surface area (Å²) in [5.41, 5.74) is 1.52. The molecule has 0 bridgehead atoms. The van der Waals surface area contributed by atoms with Crippen LogP contribution in [0.5, 0.6) is 0 Å². The Balaban J connectivity index is 2.47. The van der Waals surface area contributed by atoms with Crippen LogP contribution in [0.15, 0.2) is 18.3 Å². The van der Waals surface area contributed by atoms with Gasteiger partial charge in [-0.05, 0) is 24.5 Å². The maximum absolute atomic E-state index is 11.1. The first-order chi connectivity index (χ1) is 7.54. The van der Waals surface area contributed by atoms with Gasteiger partial charge >= 0.3 is 5.97 Å². The average Bonchev–Trinajstić information content (AvgIpc) is 2.23. The third-order valence-corrected chi connectivity index (χ3v) is 3.20. The molecule has 0 aromatic carbocycles. The standard InChI is InChI=1S/C11H12BrNO2/c1-7(14)15-11-9(12)5-4-8-3-2-6-13-10(8)11/h2-3,6,9,11H,4-5H2,1H3/t9-,11+/m1/s1/i11D. The van der Waals surface area contributed by atoms with Crippen LogP contribution in [0.4, 0.5) is 0 Å². The molecule has 0 saturated carbocycles. The second kappa shape index (κ2) is 4.31. The summed E-state index contributed by atoms with van der Waals surface area (Å²) >= 11 is 3.40. The van der Waals surface area contributed by atoms with E-state index in [-0.39, 0.29) is 4.83 Å². The van der Waals surface area contributed by atoms with Crippen molar-refractivity contribution in [2.24, 2.45) is 0 Å². The summed E-state index contributed by atoms with van der Waals surface area (Å²) < 4.78 is 13.4. The van der Waals surface area contributed by atoms with Crippen LogP contribution < -0.4 is 0 Å². The molecule has 1 aromatic rings. The first kappa shape index (κ1) is 9.33. The van der Waals surface area contributed by atoms with Gasteiger partial charge in [-0.1, -0.05) is 22.0 Å². The molecule has 0 unspecified atom stereocenters. The second-order valence-corrected chi connectivity index (χ2v) is 4.58. The van der Waals surface area contributed by atoms with Gasteiger partial charge in [0.2, 0.25) is 0 Å². The maximum atomic E-state index is 11.1. The van der Waals surface area contributed by atoms with Crippen LogP contribution in [0.3, 0.4) is 0 Å². The minimum Gasteiger partial charge on any atom is -0.455 e. The molecule has 80 valence electrons. The van der Waals surface area contributed by atoms with Crippen molar-refractivity contribution in [1.29, 1.82) is 0 Å². The Morgan fingerprint density at radius 3 is 3.33 bits per heavy atom. The zero-order valence-corrected chi connectivity index (χ0v) is 9.95. The molecule has 1 heterocycles. The van der Waals surface area contributed by atoms with Crippen molar-refractivity contribution >= 4 is 21.9 Å². The summed E-state index contributed by atoms with van der Waals surface area (Å²) in [4.78, 5) is 15.0. The molecule has 0 N–H and O–H groups in total. The average molecular weight is 271 g/mol. The lowest BCUT2D eigenvalue weighted by atomic mass is 9.93. The maximum Gasteiger partial charge on any atom is 0.303 e. The Kier molecular flexibility index (Phi) is 2.68. The molecule has 1 aromatic heterocycles. The van der Waals surface area contributed by atoms with Gasteiger partial charge in [-0.2, -0.15) is 0 Å². The molecule has 0 saturated heterocycles. The summed E-state index contributed by atoms with van der Waals surface area (Å²) in [7, 11) is 0. The Hall–Kier alpha value is -0.900. The number of aromatic nitrogens is 1. The molecular formula is C11H12BrNO2. The molecule has 1 aliphatic rings. The van der Waals surface area contributed by atoms with E-state index >= 15 is 0 Å². The highest BCUT2D eigenvalue weighted by molar-refractivity contribution is 9.09. The van der Waals surface area contributed by atoms with Crippen LogP contribution in [0, 0.1) is 0 Å². The van der Waals surface area contributed by atoms with Gasteiger partial charge in [-0.3, -0.25) is 9.78 Å². The highest BCUT2D eigenvalue weighted by Gasteiger charge is 2.31. The molecule has 1 aliphatic carbocycles. The van der Waals surface area contributed by atoms with Crippen molar-refractivity contribution in [2.75, 3.05) is 0 Å². The van der Waals surface area contributed by atoms with Crippen LogP contribution in [-0.4, -0.2) is 15.8 Å². The SMILES string of the molecule is [2H][C@@]1(OC(C)=O)c2ncccc2CC[C@H]1Br. The number of halogens is 1. The lowest BCUT2D eigenvalue weighted by molar-refractivity contribution is -0.147. The van der Waals surface area contributed by atoms with Crippen molar-refractivity contribution in [3.05, 3.63) is 29.6 Å². The minimum atomic E-state index is -1.40. The third kappa shape index (κ3) is 2.20. The van der Waals surface area contributed by atoms with E-state index in [0.29, 0.717) is 5.69 Å². The quantitative estimate of drug-likeness (QED) is 0.581. The number of aryl methyl sites for hydroxylation is 1. The number of ether oxygens (including phenoxy) is 1. The van der Waals surface area contributed by atoms with Crippen molar-refractivity contribution in [3.8, 4) is 0 Å². The molecule has 2 rings (SSSR count). The van der Waals surface area contributed by atoms with Gasteiger partial charge in [0, 0.05) is 13.1 Å². The number of carbonyl (C=O) groups excluding carboxylic acids is 1. The smallest absolute Gasteiger partial charge is 0.303 e. The van der Waals surface area contributed by atoms with E-state index in [1.807, 2.05) is 12.1 Å². The fraction of sp³-hybridized carbons (Fsp3) is 0.455. The van der Waals surface area contributed by atoms with Gasteiger partial charge in [-0.15, -0.1) is 0 Å². The number of esters is 1. The van der Waals surface area contributed by atoms with E-state index in [4.69, 9.17) is 6.11 Å². The molecule has 0 amide bonds. The summed E-state index contributed by atoms with van der Waals surface area (Å²) in [6.45, 7) is 1.31. The number of carbonyl (C=O) groups is 1. The van der Waals surface area contributed by atoms with E-state index in [2.05, 4.69) is 20.9 Å². The molecule has 0 fully saturated rings. The number of hydrogen-bond acceptors (Lipinski definition) is 3. The van der Waals surface area contributed by atoms with Crippen LogP contribution >= 0.6 is 15.9 Å². The monoisotopic (exact) mass is 270 g/mol. The minimum absolute atomic E-state index is 0.216. The van der Waals surface area contributed by atoms with Crippen LogP contribution in [-0.2, 0) is 16.0 Å². The summed E-state index contributed by atoms with van der Waals surface area (Å²) in [5.74, 6) is -0.460. The van der Waals surface area contributed by atoms with Gasteiger partial charge in [-0.25, -0.2) is 0 Å². The van der Waals surface area contributed by atoms with Gasteiger partial charge in [0.15, 0.2) is 6.08 Å². The topological polar surface area (TPSA) is 39.2 Å². The van der Waals surface area contributed by atoms with Gasteiger partial charge < -0.3 is 4.74 Å².